The molecule has 2 aliphatic heterocycles. The summed E-state index contributed by atoms with van der Waals surface area (Å²) in [5, 5.41) is 11.4. The van der Waals surface area contributed by atoms with Gasteiger partial charge in [-0.2, -0.15) is 13.2 Å². The van der Waals surface area contributed by atoms with E-state index in [1.54, 1.807) is 0 Å². The molecule has 4 nitrogen and oxygen atoms in total. The van der Waals surface area contributed by atoms with Gasteiger partial charge in [0.05, 0.1) is 23.0 Å². The van der Waals surface area contributed by atoms with Gasteiger partial charge in [-0.25, -0.2) is 0 Å². The van der Waals surface area contributed by atoms with Crippen molar-refractivity contribution in [2.75, 3.05) is 13.2 Å². The van der Waals surface area contributed by atoms with E-state index in [2.05, 4.69) is 34.6 Å². The molecule has 5 rings (SSSR count). The van der Waals surface area contributed by atoms with Gasteiger partial charge in [0, 0.05) is 48.3 Å². The molecule has 3 heterocycles. The molecule has 0 bridgehead atoms. The molecule has 2 atom stereocenters. The summed E-state index contributed by atoms with van der Waals surface area (Å²) < 4.78 is 52.3. The van der Waals surface area contributed by atoms with Crippen LogP contribution in [-0.2, 0) is 33.1 Å². The van der Waals surface area contributed by atoms with Gasteiger partial charge < -0.3 is 14.6 Å². The monoisotopic (exact) mass is 489 g/mol. The van der Waals surface area contributed by atoms with Crippen LogP contribution in [0.5, 0.6) is 0 Å². The summed E-state index contributed by atoms with van der Waals surface area (Å²) in [5.74, 6) is 0. The molecule has 0 amide bonds. The van der Waals surface area contributed by atoms with E-state index in [0.717, 1.165) is 46.6 Å². The molecule has 35 heavy (non-hydrogen) atoms. The summed E-state index contributed by atoms with van der Waals surface area (Å²) in [6, 6.07) is 5.27. The lowest BCUT2D eigenvalue weighted by atomic mass is 9.69. The molecule has 1 aromatic heterocycles. The second-order valence-corrected chi connectivity index (χ2v) is 12.1. The molecular weight excluding hydrogens is 455 g/mol. The summed E-state index contributed by atoms with van der Waals surface area (Å²) in [5.41, 5.74) is 3.51. The molecule has 0 saturated carbocycles. The Labute approximate surface area is 204 Å². The van der Waals surface area contributed by atoms with Crippen molar-refractivity contribution in [1.82, 2.24) is 4.98 Å². The standard InChI is InChI=1S/C28H34F3NO3/c1-25(2,3)24-21-22(20-18(32-24)14-26(4,5)15-19(20)33)27(10-12-34-13-11-27)35-23(21)16-6-8-17(9-7-16)28(29,30)31/h6-9,19,23,33H,10-15H2,1-5H3/t19?,23-/m1/s1. The van der Waals surface area contributed by atoms with Crippen molar-refractivity contribution in [3.63, 3.8) is 0 Å². The molecule has 1 saturated heterocycles. The van der Waals surface area contributed by atoms with E-state index in [1.807, 2.05) is 0 Å². The molecule has 3 aliphatic rings. The molecule has 1 aromatic carbocycles. The Hall–Kier alpha value is -1.96. The molecule has 1 fully saturated rings. The van der Waals surface area contributed by atoms with Crippen LogP contribution in [0.3, 0.4) is 0 Å². The van der Waals surface area contributed by atoms with E-state index >= 15 is 0 Å². The second-order valence-electron chi connectivity index (χ2n) is 12.1. The van der Waals surface area contributed by atoms with Gasteiger partial charge in [0.2, 0.25) is 0 Å². The molecular formula is C28H34F3NO3. The Morgan fingerprint density at radius 1 is 1.00 bits per heavy atom. The van der Waals surface area contributed by atoms with Crippen molar-refractivity contribution in [3.8, 4) is 0 Å². The number of hydrogen-bond acceptors (Lipinski definition) is 4. The molecule has 0 radical (unpaired) electrons. The molecule has 1 unspecified atom stereocenters. The Kier molecular flexibility index (Phi) is 5.67. The highest BCUT2D eigenvalue weighted by Crippen LogP contribution is 2.58. The topological polar surface area (TPSA) is 51.6 Å². The first-order chi connectivity index (χ1) is 16.2. The fourth-order valence-corrected chi connectivity index (χ4v) is 6.12. The molecule has 7 heteroatoms. The van der Waals surface area contributed by atoms with E-state index in [0.29, 0.717) is 38.0 Å². The summed E-state index contributed by atoms with van der Waals surface area (Å²) in [6.45, 7) is 11.7. The lowest BCUT2D eigenvalue weighted by Crippen LogP contribution is -2.37. The van der Waals surface area contributed by atoms with Gasteiger partial charge in [0.15, 0.2) is 0 Å². The maximum absolute atomic E-state index is 13.3. The fourth-order valence-electron chi connectivity index (χ4n) is 6.12. The smallest absolute Gasteiger partial charge is 0.388 e. The first kappa shape index (κ1) is 24.7. The van der Waals surface area contributed by atoms with E-state index < -0.39 is 29.5 Å². The third-order valence-electron chi connectivity index (χ3n) is 7.69. The van der Waals surface area contributed by atoms with Crippen molar-refractivity contribution in [2.45, 2.75) is 89.7 Å². The van der Waals surface area contributed by atoms with Crippen LogP contribution in [0, 0.1) is 5.41 Å². The number of halogens is 3. The van der Waals surface area contributed by atoms with Crippen LogP contribution in [-0.4, -0.2) is 23.3 Å². The zero-order valence-electron chi connectivity index (χ0n) is 21.1. The van der Waals surface area contributed by atoms with Gasteiger partial charge in [0.25, 0.3) is 0 Å². The number of rotatable bonds is 1. The number of ether oxygens (including phenoxy) is 2. The molecule has 2 aromatic rings. The zero-order valence-corrected chi connectivity index (χ0v) is 21.1. The minimum Gasteiger partial charge on any atom is -0.388 e. The number of fused-ring (bicyclic) bond motifs is 4. The average Bonchev–Trinajstić information content (AvgIpc) is 3.05. The summed E-state index contributed by atoms with van der Waals surface area (Å²) in [4.78, 5) is 5.16. The first-order valence-electron chi connectivity index (χ1n) is 12.4. The lowest BCUT2D eigenvalue weighted by molar-refractivity contribution is -0.137. The number of alkyl halides is 3. The number of pyridine rings is 1. The van der Waals surface area contributed by atoms with Crippen LogP contribution in [0.1, 0.15) is 105 Å². The van der Waals surface area contributed by atoms with Crippen LogP contribution < -0.4 is 0 Å². The number of aliphatic hydroxyl groups excluding tert-OH is 1. The van der Waals surface area contributed by atoms with E-state index in [-0.39, 0.29) is 10.8 Å². The van der Waals surface area contributed by atoms with Crippen LogP contribution in [0.2, 0.25) is 0 Å². The van der Waals surface area contributed by atoms with Gasteiger partial charge >= 0.3 is 6.18 Å². The third kappa shape index (κ3) is 4.19. The zero-order chi connectivity index (χ0) is 25.4. The van der Waals surface area contributed by atoms with Crippen LogP contribution in [0.15, 0.2) is 24.3 Å². The predicted molar refractivity (Wildman–Crippen MR) is 126 cm³/mol. The average molecular weight is 490 g/mol. The van der Waals surface area contributed by atoms with E-state index in [1.165, 1.54) is 12.1 Å². The molecule has 1 spiro atoms. The predicted octanol–water partition coefficient (Wildman–Crippen LogP) is 6.53. The third-order valence-corrected chi connectivity index (χ3v) is 7.69. The van der Waals surface area contributed by atoms with Crippen molar-refractivity contribution in [2.24, 2.45) is 5.41 Å². The summed E-state index contributed by atoms with van der Waals surface area (Å²) in [6.07, 6.45) is -2.98. The van der Waals surface area contributed by atoms with E-state index in [4.69, 9.17) is 14.5 Å². The maximum Gasteiger partial charge on any atom is 0.416 e. The minimum absolute atomic E-state index is 0.0854. The maximum atomic E-state index is 13.3. The van der Waals surface area contributed by atoms with Crippen LogP contribution >= 0.6 is 0 Å². The van der Waals surface area contributed by atoms with Gasteiger partial charge in [-0.15, -0.1) is 0 Å². The molecule has 1 N–H and O–H groups in total. The Bertz CT molecular complexity index is 1130. The number of nitrogens with zero attached hydrogens (tertiary/aromatic N) is 1. The van der Waals surface area contributed by atoms with Crippen molar-refractivity contribution in [3.05, 3.63) is 63.5 Å². The Morgan fingerprint density at radius 3 is 2.20 bits per heavy atom. The van der Waals surface area contributed by atoms with E-state index in [9.17, 15) is 18.3 Å². The van der Waals surface area contributed by atoms with Crippen molar-refractivity contribution in [1.29, 1.82) is 0 Å². The number of hydrogen-bond donors (Lipinski definition) is 1. The van der Waals surface area contributed by atoms with Gasteiger partial charge in [0.1, 0.15) is 6.10 Å². The SMILES string of the molecule is CC1(C)Cc2nc(C(C)(C)C)c3c(c2C(O)C1)C1(CCOCC1)O[C@@H]3c1ccc(C(F)(F)F)cc1. The number of benzene rings is 1. The highest BCUT2D eigenvalue weighted by molar-refractivity contribution is 5.55. The van der Waals surface area contributed by atoms with Crippen LogP contribution in [0.4, 0.5) is 13.2 Å². The highest BCUT2D eigenvalue weighted by atomic mass is 19.4. The van der Waals surface area contributed by atoms with Crippen LogP contribution in [0.25, 0.3) is 0 Å². The molecule has 190 valence electrons. The largest absolute Gasteiger partial charge is 0.416 e. The van der Waals surface area contributed by atoms with Crippen molar-refractivity contribution >= 4 is 0 Å². The van der Waals surface area contributed by atoms with Crippen molar-refractivity contribution < 1.29 is 27.8 Å². The Balaban J connectivity index is 1.77. The lowest BCUT2D eigenvalue weighted by Gasteiger charge is -2.40. The summed E-state index contributed by atoms with van der Waals surface area (Å²) in [7, 11) is 0. The van der Waals surface area contributed by atoms with Gasteiger partial charge in [-0.05, 0) is 41.5 Å². The first-order valence-corrected chi connectivity index (χ1v) is 12.4. The second kappa shape index (κ2) is 8.02. The van der Waals surface area contributed by atoms with Gasteiger partial charge in [-0.3, -0.25) is 4.98 Å². The van der Waals surface area contributed by atoms with Gasteiger partial charge in [-0.1, -0.05) is 46.8 Å². The summed E-state index contributed by atoms with van der Waals surface area (Å²) >= 11 is 0. The number of aliphatic hydroxyl groups is 1. The quantitative estimate of drug-likeness (QED) is 0.495. The number of aromatic nitrogens is 1. The fraction of sp³-hybridized carbons (Fsp3) is 0.607. The normalized spacial score (nSPS) is 25.4. The highest BCUT2D eigenvalue weighted by Gasteiger charge is 2.53. The molecule has 1 aliphatic carbocycles. The Morgan fingerprint density at radius 2 is 1.63 bits per heavy atom. The minimum atomic E-state index is -4.40.